The Labute approximate surface area is 150 Å². The van der Waals surface area contributed by atoms with Crippen molar-refractivity contribution in [1.29, 1.82) is 0 Å². The van der Waals surface area contributed by atoms with Crippen LogP contribution < -0.4 is 5.32 Å². The first-order chi connectivity index (χ1) is 12.1. The zero-order chi connectivity index (χ0) is 20.1. The van der Waals surface area contributed by atoms with Crippen LogP contribution in [0, 0.1) is 0 Å². The molecule has 1 aliphatic heterocycles. The Morgan fingerprint density at radius 2 is 1.60 bits per heavy atom. The van der Waals surface area contributed by atoms with Gasteiger partial charge < -0.3 is 30.2 Å². The smallest absolute Gasteiger partial charge is 0.156 e. The number of hydrogen-bond acceptors (Lipinski definition) is 7. The molecule has 0 aliphatic carbocycles. The van der Waals surface area contributed by atoms with Crippen LogP contribution in [0.15, 0.2) is 24.3 Å². The highest BCUT2D eigenvalue weighted by Gasteiger charge is 2.17. The second kappa shape index (κ2) is 22.2. The molecule has 7 nitrogen and oxygen atoms in total. The zero-order valence-electron chi connectivity index (χ0n) is 15.8. The van der Waals surface area contributed by atoms with Crippen LogP contribution in [0.25, 0.3) is 0 Å². The average Bonchev–Trinajstić information content (AvgIpc) is 2.66. The second-order valence-electron chi connectivity index (χ2n) is 4.23. The minimum atomic E-state index is -0.737. The van der Waals surface area contributed by atoms with Gasteiger partial charge in [-0.1, -0.05) is 13.8 Å². The molecule has 2 unspecified atom stereocenters. The lowest BCUT2D eigenvalue weighted by Gasteiger charge is -2.21. The van der Waals surface area contributed by atoms with Crippen LogP contribution >= 0.6 is 0 Å². The van der Waals surface area contributed by atoms with Crippen molar-refractivity contribution in [3.05, 3.63) is 29.8 Å². The van der Waals surface area contributed by atoms with E-state index in [0.29, 0.717) is 25.0 Å². The molecule has 0 radical (unpaired) electrons. The highest BCUT2D eigenvalue weighted by atomic mass is 16.6. The van der Waals surface area contributed by atoms with Crippen LogP contribution in [-0.4, -0.2) is 61.1 Å². The van der Waals surface area contributed by atoms with Gasteiger partial charge >= 0.3 is 0 Å². The van der Waals surface area contributed by atoms with Crippen LogP contribution in [0.4, 0.5) is 5.69 Å². The minimum absolute atomic E-state index is 0.361. The van der Waals surface area contributed by atoms with Crippen molar-refractivity contribution in [2.45, 2.75) is 46.0 Å². The molecule has 1 aromatic carbocycles. The fourth-order valence-corrected chi connectivity index (χ4v) is 1.49. The highest BCUT2D eigenvalue weighted by Crippen LogP contribution is 2.10. The summed E-state index contributed by atoms with van der Waals surface area (Å²) < 4.78 is 4.74. The Morgan fingerprint density at radius 3 is 1.88 bits per heavy atom. The summed E-state index contributed by atoms with van der Waals surface area (Å²) in [4.78, 5) is 19.0. The molecular formula is C18H33NO6. The van der Waals surface area contributed by atoms with Gasteiger partial charge in [0.05, 0.1) is 12.7 Å². The Morgan fingerprint density at radius 1 is 1.12 bits per heavy atom. The predicted molar refractivity (Wildman–Crippen MR) is 99.8 cm³/mol. The molecule has 0 saturated carbocycles. The van der Waals surface area contributed by atoms with Gasteiger partial charge in [0, 0.05) is 31.8 Å². The van der Waals surface area contributed by atoms with Crippen molar-refractivity contribution < 1.29 is 29.6 Å². The molecule has 146 valence electrons. The largest absolute Gasteiger partial charge is 0.400 e. The van der Waals surface area contributed by atoms with Crippen molar-refractivity contribution in [3.8, 4) is 0 Å². The van der Waals surface area contributed by atoms with E-state index < -0.39 is 6.29 Å². The number of anilines is 1. The summed E-state index contributed by atoms with van der Waals surface area (Å²) in [7, 11) is 2.84. The monoisotopic (exact) mass is 359 g/mol. The van der Waals surface area contributed by atoms with Crippen LogP contribution in [0.2, 0.25) is 0 Å². The highest BCUT2D eigenvalue weighted by molar-refractivity contribution is 5.75. The second-order valence-corrected chi connectivity index (χ2v) is 4.23. The van der Waals surface area contributed by atoms with E-state index in [-0.39, 0.29) is 6.10 Å². The summed E-state index contributed by atoms with van der Waals surface area (Å²) in [6, 6.07) is 7.28. The number of benzene rings is 1. The molecule has 7 heteroatoms. The molecule has 1 aliphatic rings. The van der Waals surface area contributed by atoms with Crippen molar-refractivity contribution in [2.75, 3.05) is 26.1 Å². The van der Waals surface area contributed by atoms with Crippen molar-refractivity contribution >= 4 is 18.3 Å². The summed E-state index contributed by atoms with van der Waals surface area (Å²) >= 11 is 0. The fourth-order valence-electron chi connectivity index (χ4n) is 1.49. The lowest BCUT2D eigenvalue weighted by molar-refractivity contribution is -0.152. The number of aliphatic hydroxyl groups is 3. The van der Waals surface area contributed by atoms with Gasteiger partial charge in [0.2, 0.25) is 0 Å². The molecule has 0 aromatic heterocycles. The van der Waals surface area contributed by atoms with Crippen molar-refractivity contribution in [3.63, 3.8) is 0 Å². The Kier molecular flexibility index (Phi) is 24.9. The van der Waals surface area contributed by atoms with E-state index in [0.717, 1.165) is 25.4 Å². The van der Waals surface area contributed by atoms with Gasteiger partial charge in [0.15, 0.2) is 6.29 Å². The number of ether oxygens (including phenoxy) is 1. The van der Waals surface area contributed by atoms with Gasteiger partial charge in [0.1, 0.15) is 12.6 Å². The van der Waals surface area contributed by atoms with Crippen molar-refractivity contribution in [2.24, 2.45) is 0 Å². The molecule has 25 heavy (non-hydrogen) atoms. The van der Waals surface area contributed by atoms with Crippen LogP contribution in [0.5, 0.6) is 0 Å². The minimum Gasteiger partial charge on any atom is -0.400 e. The molecule has 0 bridgehead atoms. The van der Waals surface area contributed by atoms with E-state index in [1.807, 2.05) is 33.0 Å². The third-order valence-electron chi connectivity index (χ3n) is 2.57. The summed E-state index contributed by atoms with van der Waals surface area (Å²) in [5.74, 6) is 0. The number of aldehydes is 2. The van der Waals surface area contributed by atoms with E-state index in [4.69, 9.17) is 24.9 Å². The molecule has 1 aromatic rings. The first kappa shape index (κ1) is 28.0. The maximum atomic E-state index is 10.2. The molecule has 1 saturated heterocycles. The van der Waals surface area contributed by atoms with E-state index in [2.05, 4.69) is 5.32 Å². The number of nitrogens with one attached hydrogen (secondary N) is 1. The van der Waals surface area contributed by atoms with Gasteiger partial charge in [-0.3, -0.25) is 4.79 Å². The third-order valence-corrected chi connectivity index (χ3v) is 2.57. The van der Waals surface area contributed by atoms with Gasteiger partial charge in [-0.05, 0) is 37.6 Å². The molecule has 1 heterocycles. The number of aliphatic hydroxyl groups excluding tert-OH is 3. The van der Waals surface area contributed by atoms with E-state index >= 15 is 0 Å². The molecule has 1 fully saturated rings. The summed E-state index contributed by atoms with van der Waals surface area (Å²) in [5.41, 5.74) is 1.73. The van der Waals surface area contributed by atoms with Crippen LogP contribution in [0.3, 0.4) is 0 Å². The number of carbonyl (C=O) groups is 2. The zero-order valence-corrected chi connectivity index (χ0v) is 15.8. The quantitative estimate of drug-likeness (QED) is 0.596. The predicted octanol–water partition coefficient (Wildman–Crippen LogP) is 1.86. The lowest BCUT2D eigenvalue weighted by atomic mass is 10.1. The van der Waals surface area contributed by atoms with Gasteiger partial charge in [0.25, 0.3) is 0 Å². The lowest BCUT2D eigenvalue weighted by Crippen LogP contribution is -2.28. The molecule has 2 atom stereocenters. The van der Waals surface area contributed by atoms with Crippen LogP contribution in [0.1, 0.15) is 44.0 Å². The SMILES string of the molecule is CC.CC=O.CNc1ccc(C=O)cc1.CO.OC1CCOC(O)C1. The maximum absolute atomic E-state index is 10.2. The van der Waals surface area contributed by atoms with Crippen LogP contribution in [-0.2, 0) is 9.53 Å². The topological polar surface area (TPSA) is 116 Å². The van der Waals surface area contributed by atoms with Gasteiger partial charge in [-0.25, -0.2) is 0 Å². The summed E-state index contributed by atoms with van der Waals surface area (Å²) in [6.07, 6.45) is 1.49. The summed E-state index contributed by atoms with van der Waals surface area (Å²) in [6.45, 7) is 5.92. The number of hydrogen-bond donors (Lipinski definition) is 4. The van der Waals surface area contributed by atoms with E-state index in [1.54, 1.807) is 12.1 Å². The normalized spacial score (nSPS) is 17.3. The standard InChI is InChI=1S/C8H9NO.C5H10O3.C2H4O.C2H6.CH4O/c1-9-8-4-2-7(6-10)3-5-8;6-4-1-2-8-5(7)3-4;1-2-3;2*1-2/h2-6,9H,1H3;4-7H,1-3H2;2H,1H3;1-2H3;2H,1H3. The van der Waals surface area contributed by atoms with Crippen molar-refractivity contribution in [1.82, 2.24) is 0 Å². The molecular weight excluding hydrogens is 326 g/mol. The van der Waals surface area contributed by atoms with Gasteiger partial charge in [-0.2, -0.15) is 0 Å². The third kappa shape index (κ3) is 18.4. The Bertz CT molecular complexity index is 389. The molecule has 0 spiro atoms. The Hall–Kier alpha value is -1.80. The first-order valence-electron chi connectivity index (χ1n) is 8.12. The fraction of sp³-hybridized carbons (Fsp3) is 0.556. The number of rotatable bonds is 2. The van der Waals surface area contributed by atoms with Gasteiger partial charge in [-0.15, -0.1) is 0 Å². The maximum Gasteiger partial charge on any atom is 0.156 e. The summed E-state index contributed by atoms with van der Waals surface area (Å²) in [5, 5.41) is 27.5. The van der Waals surface area contributed by atoms with E-state index in [1.165, 1.54) is 6.92 Å². The van der Waals surface area contributed by atoms with E-state index in [9.17, 15) is 4.79 Å². The molecule has 2 rings (SSSR count). The Balaban J connectivity index is -0.000000289. The number of carbonyl (C=O) groups excluding carboxylic acids is 2. The molecule has 4 N–H and O–H groups in total. The average molecular weight is 359 g/mol. The first-order valence-corrected chi connectivity index (χ1v) is 8.12. The molecule has 0 amide bonds.